The number of ketones is 1. The maximum atomic E-state index is 12.4. The van der Waals surface area contributed by atoms with Gasteiger partial charge in [0.05, 0.1) is 17.7 Å². The third kappa shape index (κ3) is 6.44. The summed E-state index contributed by atoms with van der Waals surface area (Å²) in [6, 6.07) is 13.3. The molecule has 0 saturated carbocycles. The van der Waals surface area contributed by atoms with Crippen molar-refractivity contribution in [1.82, 2.24) is 0 Å². The second kappa shape index (κ2) is 10.2. The number of hydrogen-bond donors (Lipinski definition) is 0. The predicted molar refractivity (Wildman–Crippen MR) is 112 cm³/mol. The molecule has 144 valence electrons. The first-order valence-electron chi connectivity index (χ1n) is 9.31. The van der Waals surface area contributed by atoms with Crippen LogP contribution in [-0.2, 0) is 11.2 Å². The van der Waals surface area contributed by atoms with Crippen molar-refractivity contribution in [3.8, 4) is 5.75 Å². The van der Waals surface area contributed by atoms with Gasteiger partial charge in [0.1, 0.15) is 11.5 Å². The predicted octanol–water partition coefficient (Wildman–Crippen LogP) is 6.34. The summed E-state index contributed by atoms with van der Waals surface area (Å²) in [5.41, 5.74) is 2.80. The van der Waals surface area contributed by atoms with Gasteiger partial charge in [-0.2, -0.15) is 0 Å². The Balaban J connectivity index is 1.87. The molecule has 4 heteroatoms. The fourth-order valence-corrected chi connectivity index (χ4v) is 2.96. The average Bonchev–Trinajstić information content (AvgIpc) is 2.63. The molecule has 27 heavy (non-hydrogen) atoms. The van der Waals surface area contributed by atoms with Gasteiger partial charge in [0.15, 0.2) is 5.78 Å². The molecule has 0 fully saturated rings. The first-order chi connectivity index (χ1) is 12.9. The maximum Gasteiger partial charge on any atom is 0.162 e. The summed E-state index contributed by atoms with van der Waals surface area (Å²) in [6.45, 7) is 10.3. The van der Waals surface area contributed by atoms with Gasteiger partial charge in [-0.3, -0.25) is 4.79 Å². The summed E-state index contributed by atoms with van der Waals surface area (Å²) >= 11 is 6.22. The molecule has 2 aromatic carbocycles. The van der Waals surface area contributed by atoms with E-state index < -0.39 is 0 Å². The van der Waals surface area contributed by atoms with Gasteiger partial charge in [-0.15, -0.1) is 0 Å². The minimum Gasteiger partial charge on any atom is -0.494 e. The molecule has 0 heterocycles. The van der Waals surface area contributed by atoms with Gasteiger partial charge in [-0.1, -0.05) is 42.4 Å². The normalized spacial score (nSPS) is 10.7. The fourth-order valence-electron chi connectivity index (χ4n) is 2.74. The van der Waals surface area contributed by atoms with Crippen molar-refractivity contribution in [2.45, 2.75) is 46.1 Å². The minimum absolute atomic E-state index is 0.0427. The third-order valence-corrected chi connectivity index (χ3v) is 4.38. The Hall–Kier alpha value is -2.26. The second-order valence-corrected chi connectivity index (χ2v) is 7.05. The van der Waals surface area contributed by atoms with Crippen LogP contribution in [0.5, 0.6) is 5.75 Å². The molecule has 0 amide bonds. The highest BCUT2D eigenvalue weighted by molar-refractivity contribution is 6.32. The van der Waals surface area contributed by atoms with Gasteiger partial charge in [0, 0.05) is 17.5 Å². The number of rotatable bonds is 10. The topological polar surface area (TPSA) is 35.5 Å². The molecule has 0 N–H and O–H groups in total. The summed E-state index contributed by atoms with van der Waals surface area (Å²) in [4.78, 5) is 12.4. The van der Waals surface area contributed by atoms with Crippen molar-refractivity contribution in [3.63, 3.8) is 0 Å². The first kappa shape index (κ1) is 21.0. The van der Waals surface area contributed by atoms with Crippen LogP contribution in [0.25, 0.3) is 5.76 Å². The summed E-state index contributed by atoms with van der Waals surface area (Å²) < 4.78 is 11.0. The zero-order valence-corrected chi connectivity index (χ0v) is 17.0. The number of halogens is 1. The molecule has 0 atom stereocenters. The molecular weight excluding hydrogens is 360 g/mol. The van der Waals surface area contributed by atoms with E-state index in [1.165, 1.54) is 5.56 Å². The van der Waals surface area contributed by atoms with Crippen molar-refractivity contribution in [1.29, 1.82) is 0 Å². The summed E-state index contributed by atoms with van der Waals surface area (Å²) in [5.74, 6) is 1.38. The zero-order valence-electron chi connectivity index (χ0n) is 16.3. The highest BCUT2D eigenvalue weighted by Gasteiger charge is 2.10. The Bertz CT molecular complexity index is 779. The fraction of sp³-hybridized carbons (Fsp3) is 0.348. The van der Waals surface area contributed by atoms with Crippen LogP contribution in [0.1, 0.15) is 55.1 Å². The number of hydrogen-bond acceptors (Lipinski definition) is 3. The van der Waals surface area contributed by atoms with Gasteiger partial charge in [-0.25, -0.2) is 0 Å². The SMILES string of the molecule is C=C(OCC)c1ccc(CCCC(=O)c2ccc(OC(C)C)c(Cl)c2)cc1. The molecule has 0 spiro atoms. The van der Waals surface area contributed by atoms with Crippen LogP contribution in [0, 0.1) is 0 Å². The van der Waals surface area contributed by atoms with E-state index in [1.54, 1.807) is 18.2 Å². The lowest BCUT2D eigenvalue weighted by Crippen LogP contribution is -2.06. The van der Waals surface area contributed by atoms with Gasteiger partial charge in [0.25, 0.3) is 0 Å². The lowest BCUT2D eigenvalue weighted by Gasteiger charge is -2.12. The maximum absolute atomic E-state index is 12.4. The monoisotopic (exact) mass is 386 g/mol. The molecule has 0 bridgehead atoms. The molecule has 0 radical (unpaired) electrons. The highest BCUT2D eigenvalue weighted by Crippen LogP contribution is 2.27. The lowest BCUT2D eigenvalue weighted by atomic mass is 10.0. The molecule has 0 aliphatic heterocycles. The van der Waals surface area contributed by atoms with Crippen LogP contribution in [0.15, 0.2) is 49.0 Å². The van der Waals surface area contributed by atoms with E-state index in [-0.39, 0.29) is 11.9 Å². The molecule has 0 aliphatic carbocycles. The smallest absolute Gasteiger partial charge is 0.162 e. The minimum atomic E-state index is 0.0427. The van der Waals surface area contributed by atoms with Crippen molar-refractivity contribution in [2.24, 2.45) is 0 Å². The van der Waals surface area contributed by atoms with E-state index in [0.717, 1.165) is 18.4 Å². The first-order valence-corrected chi connectivity index (χ1v) is 9.69. The summed E-state index contributed by atoms with van der Waals surface area (Å²) in [7, 11) is 0. The Morgan fingerprint density at radius 3 is 2.37 bits per heavy atom. The van der Waals surface area contributed by atoms with Crippen LogP contribution in [0.4, 0.5) is 0 Å². The number of benzene rings is 2. The van der Waals surface area contributed by atoms with Gasteiger partial charge in [-0.05, 0) is 57.4 Å². The standard InChI is InChI=1S/C23H27ClO3/c1-5-26-17(4)19-11-9-18(10-12-19)7-6-8-22(25)20-13-14-23(21(24)15-20)27-16(2)3/h9-16H,4-8H2,1-3H3. The molecule has 2 aromatic rings. The molecule has 2 rings (SSSR count). The highest BCUT2D eigenvalue weighted by atomic mass is 35.5. The molecule has 0 unspecified atom stereocenters. The van der Waals surface area contributed by atoms with E-state index in [4.69, 9.17) is 21.1 Å². The Kier molecular flexibility index (Phi) is 7.93. The molecule has 0 aliphatic rings. The average molecular weight is 387 g/mol. The van der Waals surface area contributed by atoms with Crippen LogP contribution in [0.2, 0.25) is 5.02 Å². The number of carbonyl (C=O) groups is 1. The van der Waals surface area contributed by atoms with Gasteiger partial charge in [0.2, 0.25) is 0 Å². The number of Topliss-reactive ketones (excluding diaryl/α,β-unsaturated/α-hetero) is 1. The van der Waals surface area contributed by atoms with Gasteiger partial charge < -0.3 is 9.47 Å². The molecule has 0 aromatic heterocycles. The molecule has 3 nitrogen and oxygen atoms in total. The van der Waals surface area contributed by atoms with Crippen molar-refractivity contribution in [3.05, 3.63) is 70.8 Å². The van der Waals surface area contributed by atoms with E-state index in [0.29, 0.717) is 35.1 Å². The van der Waals surface area contributed by atoms with Gasteiger partial charge >= 0.3 is 0 Å². The quantitative estimate of drug-likeness (QED) is 0.353. The lowest BCUT2D eigenvalue weighted by molar-refractivity contribution is 0.0980. The summed E-state index contributed by atoms with van der Waals surface area (Å²) in [6.07, 6.45) is 2.15. The molecule has 0 saturated heterocycles. The zero-order chi connectivity index (χ0) is 19.8. The van der Waals surface area contributed by atoms with E-state index in [1.807, 2.05) is 32.9 Å². The van der Waals surface area contributed by atoms with Crippen LogP contribution >= 0.6 is 11.6 Å². The van der Waals surface area contributed by atoms with Crippen LogP contribution < -0.4 is 4.74 Å². The van der Waals surface area contributed by atoms with E-state index in [2.05, 4.69) is 18.7 Å². The third-order valence-electron chi connectivity index (χ3n) is 4.08. The van der Waals surface area contributed by atoms with Crippen molar-refractivity contribution < 1.29 is 14.3 Å². The number of aryl methyl sites for hydroxylation is 1. The van der Waals surface area contributed by atoms with Crippen LogP contribution in [-0.4, -0.2) is 18.5 Å². The van der Waals surface area contributed by atoms with Crippen molar-refractivity contribution in [2.75, 3.05) is 6.61 Å². The van der Waals surface area contributed by atoms with Crippen LogP contribution in [0.3, 0.4) is 0 Å². The Labute approximate surface area is 167 Å². The Morgan fingerprint density at radius 1 is 1.11 bits per heavy atom. The van der Waals surface area contributed by atoms with E-state index >= 15 is 0 Å². The number of ether oxygens (including phenoxy) is 2. The van der Waals surface area contributed by atoms with Crippen molar-refractivity contribution >= 4 is 23.1 Å². The van der Waals surface area contributed by atoms with E-state index in [9.17, 15) is 4.79 Å². The molecular formula is C23H27ClO3. The summed E-state index contributed by atoms with van der Waals surface area (Å²) in [5, 5.41) is 0.472. The Morgan fingerprint density at radius 2 is 1.78 bits per heavy atom. The number of carbonyl (C=O) groups excluding carboxylic acids is 1. The largest absolute Gasteiger partial charge is 0.494 e. The second-order valence-electron chi connectivity index (χ2n) is 6.64.